The van der Waals surface area contributed by atoms with Gasteiger partial charge in [0.15, 0.2) is 5.65 Å². The lowest BCUT2D eigenvalue weighted by Gasteiger charge is -2.10. The Kier molecular flexibility index (Phi) is 4.75. The van der Waals surface area contributed by atoms with E-state index in [1.165, 1.54) is 0 Å². The minimum absolute atomic E-state index is 0.0789. The predicted octanol–water partition coefficient (Wildman–Crippen LogP) is 3.17. The second-order valence-corrected chi connectivity index (χ2v) is 8.11. The van der Waals surface area contributed by atoms with E-state index < -0.39 is 0 Å². The second-order valence-electron chi connectivity index (χ2n) is 7.70. The number of carbonyl (C=O) groups excluding carboxylic acids is 2. The van der Waals surface area contributed by atoms with Gasteiger partial charge in [-0.15, -0.1) is 0 Å². The van der Waals surface area contributed by atoms with Crippen LogP contribution in [0.4, 0.5) is 5.82 Å². The van der Waals surface area contributed by atoms with Gasteiger partial charge >= 0.3 is 0 Å². The number of imide groups is 1. The molecule has 3 heterocycles. The molecule has 0 bridgehead atoms. The molecular weight excluding hydrogens is 402 g/mol. The molecule has 2 fully saturated rings. The number of halogens is 1. The van der Waals surface area contributed by atoms with Crippen molar-refractivity contribution in [3.05, 3.63) is 63.9 Å². The summed E-state index contributed by atoms with van der Waals surface area (Å²) in [5.41, 5.74) is 3.80. The number of hydrogen-bond acceptors (Lipinski definition) is 5. The summed E-state index contributed by atoms with van der Waals surface area (Å²) in [4.78, 5) is 28.3. The van der Waals surface area contributed by atoms with Crippen molar-refractivity contribution < 1.29 is 9.59 Å². The molecule has 2 aromatic heterocycles. The molecule has 7 nitrogen and oxygen atoms in total. The van der Waals surface area contributed by atoms with Crippen LogP contribution in [0.5, 0.6) is 0 Å². The summed E-state index contributed by atoms with van der Waals surface area (Å²) < 4.78 is 1.76. The SMILES string of the molecule is O=C1C/C(=C\c2cnn3c(NC4CC4)cc(CCc4ccccc4Cl)nc23)C(=O)N1. The van der Waals surface area contributed by atoms with Crippen molar-refractivity contribution in [3.63, 3.8) is 0 Å². The summed E-state index contributed by atoms with van der Waals surface area (Å²) in [5.74, 6) is 0.242. The number of fused-ring (bicyclic) bond motifs is 1. The van der Waals surface area contributed by atoms with Crippen LogP contribution in [-0.2, 0) is 22.4 Å². The maximum atomic E-state index is 12.0. The van der Waals surface area contributed by atoms with Gasteiger partial charge in [-0.3, -0.25) is 14.9 Å². The third-order valence-corrected chi connectivity index (χ3v) is 5.68. The predicted molar refractivity (Wildman–Crippen MR) is 114 cm³/mol. The fourth-order valence-corrected chi connectivity index (χ4v) is 3.80. The second kappa shape index (κ2) is 7.57. The first-order valence-electron chi connectivity index (χ1n) is 9.99. The third kappa shape index (κ3) is 3.80. The molecule has 1 aliphatic carbocycles. The van der Waals surface area contributed by atoms with Crippen LogP contribution in [0.25, 0.3) is 11.7 Å². The molecule has 8 heteroatoms. The monoisotopic (exact) mass is 421 g/mol. The van der Waals surface area contributed by atoms with Crippen LogP contribution in [0.15, 0.2) is 42.1 Å². The Labute approximate surface area is 178 Å². The zero-order valence-electron chi connectivity index (χ0n) is 16.2. The maximum absolute atomic E-state index is 12.0. The van der Waals surface area contributed by atoms with E-state index in [0.29, 0.717) is 22.8 Å². The van der Waals surface area contributed by atoms with Crippen LogP contribution in [0, 0.1) is 0 Å². The van der Waals surface area contributed by atoms with Gasteiger partial charge in [0.2, 0.25) is 5.91 Å². The normalized spacial score (nSPS) is 17.7. The van der Waals surface area contributed by atoms with Crippen LogP contribution in [0.2, 0.25) is 5.02 Å². The molecule has 2 N–H and O–H groups in total. The molecule has 0 spiro atoms. The molecule has 1 saturated carbocycles. The number of hydrogen-bond donors (Lipinski definition) is 2. The van der Waals surface area contributed by atoms with E-state index in [4.69, 9.17) is 16.6 Å². The molecule has 0 unspecified atom stereocenters. The Hall–Kier alpha value is -3.19. The summed E-state index contributed by atoms with van der Waals surface area (Å²) in [7, 11) is 0. The fourth-order valence-electron chi connectivity index (χ4n) is 3.57. The van der Waals surface area contributed by atoms with Crippen LogP contribution in [0.3, 0.4) is 0 Å². The van der Waals surface area contributed by atoms with E-state index in [2.05, 4.69) is 15.7 Å². The van der Waals surface area contributed by atoms with Gasteiger partial charge in [-0.25, -0.2) is 4.98 Å². The largest absolute Gasteiger partial charge is 0.367 e. The number of amides is 2. The number of nitrogens with zero attached hydrogens (tertiary/aromatic N) is 3. The zero-order chi connectivity index (χ0) is 20.7. The topological polar surface area (TPSA) is 88.4 Å². The average Bonchev–Trinajstić information content (AvgIpc) is 3.36. The maximum Gasteiger partial charge on any atom is 0.254 e. The van der Waals surface area contributed by atoms with Crippen LogP contribution in [-0.4, -0.2) is 32.5 Å². The first kappa shape index (κ1) is 18.8. The van der Waals surface area contributed by atoms with Crippen molar-refractivity contribution in [2.45, 2.75) is 38.1 Å². The van der Waals surface area contributed by atoms with E-state index in [0.717, 1.165) is 47.8 Å². The van der Waals surface area contributed by atoms with E-state index in [9.17, 15) is 9.59 Å². The van der Waals surface area contributed by atoms with Gasteiger partial charge in [0, 0.05) is 34.0 Å². The first-order valence-corrected chi connectivity index (χ1v) is 10.4. The van der Waals surface area contributed by atoms with Crippen LogP contribution < -0.4 is 10.6 Å². The molecule has 1 aromatic carbocycles. The number of aromatic nitrogens is 3. The number of rotatable bonds is 6. The van der Waals surface area contributed by atoms with E-state index in [1.807, 2.05) is 30.3 Å². The molecule has 2 aliphatic rings. The Bertz CT molecular complexity index is 1200. The van der Waals surface area contributed by atoms with Crippen LogP contribution in [0.1, 0.15) is 36.1 Å². The fraction of sp³-hybridized carbons (Fsp3) is 0.273. The Balaban J connectivity index is 1.51. The number of anilines is 1. The number of benzene rings is 1. The van der Waals surface area contributed by atoms with Crippen molar-refractivity contribution >= 4 is 41.0 Å². The Morgan fingerprint density at radius 3 is 2.80 bits per heavy atom. The highest BCUT2D eigenvalue weighted by atomic mass is 35.5. The third-order valence-electron chi connectivity index (χ3n) is 5.32. The molecular formula is C22H20ClN5O2. The summed E-state index contributed by atoms with van der Waals surface area (Å²) in [6.07, 6.45) is 7.23. The lowest BCUT2D eigenvalue weighted by Crippen LogP contribution is -2.19. The average molecular weight is 422 g/mol. The van der Waals surface area contributed by atoms with Crippen molar-refractivity contribution in [2.75, 3.05) is 5.32 Å². The summed E-state index contributed by atoms with van der Waals surface area (Å²) in [5, 5.41) is 11.0. The lowest BCUT2D eigenvalue weighted by atomic mass is 10.1. The van der Waals surface area contributed by atoms with Crippen molar-refractivity contribution in [1.82, 2.24) is 19.9 Å². The highest BCUT2D eigenvalue weighted by Crippen LogP contribution is 2.27. The molecule has 30 heavy (non-hydrogen) atoms. The quantitative estimate of drug-likeness (QED) is 0.471. The first-order chi connectivity index (χ1) is 14.6. The number of aryl methyl sites for hydroxylation is 2. The van der Waals surface area contributed by atoms with Gasteiger partial charge in [-0.1, -0.05) is 29.8 Å². The van der Waals surface area contributed by atoms with Crippen molar-refractivity contribution in [3.8, 4) is 0 Å². The Morgan fingerprint density at radius 1 is 1.23 bits per heavy atom. The van der Waals surface area contributed by atoms with Crippen LogP contribution >= 0.6 is 11.6 Å². The summed E-state index contributed by atoms with van der Waals surface area (Å²) in [6.45, 7) is 0. The van der Waals surface area contributed by atoms with Gasteiger partial charge in [0.25, 0.3) is 5.91 Å². The molecule has 2 amide bonds. The zero-order valence-corrected chi connectivity index (χ0v) is 16.9. The molecule has 0 atom stereocenters. The summed E-state index contributed by atoms with van der Waals surface area (Å²) in [6, 6.07) is 10.3. The summed E-state index contributed by atoms with van der Waals surface area (Å²) >= 11 is 6.30. The van der Waals surface area contributed by atoms with Gasteiger partial charge in [-0.05, 0) is 43.4 Å². The molecule has 0 radical (unpaired) electrons. The minimum atomic E-state index is -0.356. The highest BCUT2D eigenvalue weighted by molar-refractivity contribution is 6.31. The van der Waals surface area contributed by atoms with Gasteiger partial charge in [0.1, 0.15) is 5.82 Å². The van der Waals surface area contributed by atoms with Gasteiger partial charge in [-0.2, -0.15) is 9.61 Å². The lowest BCUT2D eigenvalue weighted by molar-refractivity contribution is -0.124. The van der Waals surface area contributed by atoms with Gasteiger partial charge < -0.3 is 5.32 Å². The van der Waals surface area contributed by atoms with E-state index in [1.54, 1.807) is 16.8 Å². The molecule has 1 aliphatic heterocycles. The number of nitrogens with one attached hydrogen (secondary N) is 2. The van der Waals surface area contributed by atoms with Crippen molar-refractivity contribution in [1.29, 1.82) is 0 Å². The molecule has 1 saturated heterocycles. The number of carbonyl (C=O) groups is 2. The van der Waals surface area contributed by atoms with Gasteiger partial charge in [0.05, 0.1) is 12.6 Å². The molecule has 5 rings (SSSR count). The van der Waals surface area contributed by atoms with E-state index >= 15 is 0 Å². The minimum Gasteiger partial charge on any atom is -0.367 e. The standard InChI is InChI=1S/C22H20ClN5O2/c23-18-4-2-1-3-13(18)5-6-17-11-19(25-16-7-8-16)28-21(26-17)15(12-24-28)9-14-10-20(29)27-22(14)30/h1-4,9,11-12,16,25H,5-8,10H2,(H,27,29,30)/b14-9+. The highest BCUT2D eigenvalue weighted by Gasteiger charge is 2.25. The van der Waals surface area contributed by atoms with E-state index in [-0.39, 0.29) is 18.2 Å². The Morgan fingerprint density at radius 2 is 2.07 bits per heavy atom. The molecule has 3 aromatic rings. The smallest absolute Gasteiger partial charge is 0.254 e. The molecule has 152 valence electrons. The van der Waals surface area contributed by atoms with Crippen molar-refractivity contribution in [2.24, 2.45) is 0 Å².